The van der Waals surface area contributed by atoms with Crippen LogP contribution >= 0.6 is 0 Å². The second-order valence-corrected chi connectivity index (χ2v) is 19.2. The summed E-state index contributed by atoms with van der Waals surface area (Å²) in [6.07, 6.45) is 5.13. The fraction of sp³-hybridized carbons (Fsp3) is 0.300. The van der Waals surface area contributed by atoms with Gasteiger partial charge in [0, 0.05) is 13.1 Å². The molecule has 8 aromatic rings. The first-order chi connectivity index (χ1) is 33.9. The summed E-state index contributed by atoms with van der Waals surface area (Å²) in [5.41, 5.74) is 20.2. The van der Waals surface area contributed by atoms with Crippen molar-refractivity contribution in [2.75, 3.05) is 0 Å². The van der Waals surface area contributed by atoms with Gasteiger partial charge in [-0.1, -0.05) is 111 Å². The Morgan fingerprint density at radius 2 is 0.873 bits per heavy atom. The molecule has 14 rings (SSSR count). The van der Waals surface area contributed by atoms with Crippen molar-refractivity contribution in [2.45, 2.75) is 120 Å². The van der Waals surface area contributed by atoms with Crippen molar-refractivity contribution in [1.82, 2.24) is 29.1 Å². The van der Waals surface area contributed by atoms with Gasteiger partial charge in [-0.2, -0.15) is 0 Å². The third kappa shape index (κ3) is 7.36. The zero-order valence-corrected chi connectivity index (χ0v) is 45.0. The monoisotopic (exact) mass is 988 g/mol. The molecule has 0 saturated carbocycles. The molecule has 0 saturated heterocycles. The van der Waals surface area contributed by atoms with Crippen LogP contribution < -0.4 is 32.2 Å². The van der Waals surface area contributed by atoms with E-state index in [0.29, 0.717) is 25.7 Å². The second-order valence-electron chi connectivity index (χ2n) is 19.2. The van der Waals surface area contributed by atoms with Crippen molar-refractivity contribution in [3.8, 4) is 22.3 Å². The Kier molecular flexibility index (Phi) is 12.4. The first-order valence-corrected chi connectivity index (χ1v) is 25.0. The fourth-order valence-electron chi connectivity index (χ4n) is 12.0. The topological polar surface area (TPSA) is 132 Å². The minimum absolute atomic E-state index is 0. The predicted octanol–water partition coefficient (Wildman–Crippen LogP) is 11.1. The SMILES string of the molecule is CCC1=C(C)c2nc1cc1[n-]c(c(C)c1CC)c1c3nc(cc4[n-]c(c(C)c4CC)c2-c2ccccc2CCCn2c(=O)c4cc5c(=O)n(c(=O)c5cc4c2=O)CCCc2ccccc2-1)C(CC)=C3C.[Zn+2]. The van der Waals surface area contributed by atoms with E-state index in [0.717, 1.165) is 148 Å². The molecule has 0 N–H and O–H groups in total. The maximum absolute atomic E-state index is 14.1. The van der Waals surface area contributed by atoms with Crippen LogP contribution in [0, 0.1) is 13.8 Å². The maximum atomic E-state index is 14.1. The Labute approximate surface area is 424 Å². The van der Waals surface area contributed by atoms with Crippen molar-refractivity contribution in [2.24, 2.45) is 0 Å². The summed E-state index contributed by atoms with van der Waals surface area (Å²) in [5.74, 6) is 0. The summed E-state index contributed by atoms with van der Waals surface area (Å²) in [6.45, 7) is 17.8. The Bertz CT molecular complexity index is 3700. The van der Waals surface area contributed by atoms with E-state index in [-0.39, 0.29) is 54.1 Å². The van der Waals surface area contributed by atoms with Crippen molar-refractivity contribution < 1.29 is 19.5 Å². The third-order valence-corrected chi connectivity index (χ3v) is 15.6. The molecule has 11 heterocycles. The molecule has 0 spiro atoms. The molecule has 6 aliphatic rings. The molecular formula is C60H56N6O4Zn. The molecule has 71 heavy (non-hydrogen) atoms. The van der Waals surface area contributed by atoms with Crippen LogP contribution in [-0.2, 0) is 58.3 Å². The van der Waals surface area contributed by atoms with E-state index in [1.54, 1.807) is 0 Å². The van der Waals surface area contributed by atoms with E-state index in [1.165, 1.54) is 21.3 Å². The maximum Gasteiger partial charge on any atom is 2.00 e. The number of benzene rings is 3. The number of hydrogen-bond donors (Lipinski definition) is 0. The molecule has 5 aromatic heterocycles. The van der Waals surface area contributed by atoms with E-state index in [2.05, 4.69) is 104 Å². The van der Waals surface area contributed by atoms with Gasteiger partial charge >= 0.3 is 19.5 Å². The average molecular weight is 991 g/mol. The quantitative estimate of drug-likeness (QED) is 0.159. The summed E-state index contributed by atoms with van der Waals surface area (Å²) in [6, 6.07) is 24.0. The molecule has 0 atom stereocenters. The molecule has 11 heteroatoms. The van der Waals surface area contributed by atoms with Gasteiger partial charge in [-0.3, -0.25) is 28.3 Å². The van der Waals surface area contributed by atoms with E-state index >= 15 is 0 Å². The van der Waals surface area contributed by atoms with Gasteiger partial charge in [0.15, 0.2) is 0 Å². The first kappa shape index (κ1) is 47.8. The van der Waals surface area contributed by atoms with Gasteiger partial charge in [0.1, 0.15) is 0 Å². The minimum Gasteiger partial charge on any atom is -0.657 e. The van der Waals surface area contributed by atoms with Crippen LogP contribution in [0.5, 0.6) is 0 Å². The van der Waals surface area contributed by atoms with E-state index < -0.39 is 22.2 Å². The average Bonchev–Trinajstić information content (AvgIpc) is 4.14. The fourth-order valence-corrected chi connectivity index (χ4v) is 12.0. The van der Waals surface area contributed by atoms with Crippen molar-refractivity contribution in [1.29, 1.82) is 0 Å². The number of nitrogens with zero attached hydrogens (tertiary/aromatic N) is 6. The Balaban J connectivity index is 0.00000582. The molecule has 3 aromatic carbocycles. The Hall–Kier alpha value is -6.84. The largest absolute Gasteiger partial charge is 2.00 e. The van der Waals surface area contributed by atoms with Crippen molar-refractivity contribution in [3.05, 3.63) is 170 Å². The first-order valence-electron chi connectivity index (χ1n) is 25.0. The molecule has 352 valence electrons. The van der Waals surface area contributed by atoms with Gasteiger partial charge in [0.05, 0.1) is 44.3 Å². The second kappa shape index (κ2) is 18.4. The zero-order valence-electron chi connectivity index (χ0n) is 42.0. The summed E-state index contributed by atoms with van der Waals surface area (Å²) >= 11 is 0. The standard InChI is InChI=1S/C60H56N6O4.Zn/c1-9-37-31(5)53-51-41-23-15-13-19-35(41)21-17-25-65-57(67)43-27-45-46(28-44(43)58(65)68)60(70)66(59(45)69)26-18-22-36-20-14-16-24-42(36)52(55-32(6)38(10-2)48(62-55)29-47(37)61-53)56-34(8)40(12-4)50(64-56)30-49-39(11-3)33(7)54(51)63-49;/h13-16,19-20,23-24,27-30H,9-12,17-18,21-22,25-26H2,1-8H3;/q-2;+2. The molecule has 16 bridgehead atoms. The van der Waals surface area contributed by atoms with Gasteiger partial charge in [0.25, 0.3) is 22.2 Å². The van der Waals surface area contributed by atoms with Gasteiger partial charge in [0.2, 0.25) is 0 Å². The summed E-state index contributed by atoms with van der Waals surface area (Å²) in [4.78, 5) is 78.7. The van der Waals surface area contributed by atoms with Crippen LogP contribution in [0.1, 0.15) is 123 Å². The number of aryl methyl sites for hydroxylation is 6. The van der Waals surface area contributed by atoms with Crippen LogP contribution in [0.2, 0.25) is 0 Å². The summed E-state index contributed by atoms with van der Waals surface area (Å²) in [5, 5.41) is 0.642. The van der Waals surface area contributed by atoms with Crippen LogP contribution in [-0.4, -0.2) is 19.1 Å². The normalized spacial score (nSPS) is 14.1. The van der Waals surface area contributed by atoms with E-state index in [1.807, 2.05) is 12.1 Å². The molecule has 0 amide bonds. The minimum atomic E-state index is -0.451. The Morgan fingerprint density at radius 1 is 0.507 bits per heavy atom. The van der Waals surface area contributed by atoms with E-state index in [4.69, 9.17) is 19.9 Å². The summed E-state index contributed by atoms with van der Waals surface area (Å²) in [7, 11) is 0. The molecule has 10 nitrogen and oxygen atoms in total. The molecule has 0 fully saturated rings. The van der Waals surface area contributed by atoms with Crippen LogP contribution in [0.25, 0.3) is 88.2 Å². The van der Waals surface area contributed by atoms with Gasteiger partial charge in [-0.05, 0) is 147 Å². The number of rotatable bonds is 4. The number of hydrogen-bond acceptors (Lipinski definition) is 6. The number of allylic oxidation sites excluding steroid dienone is 4. The Morgan fingerprint density at radius 3 is 1.23 bits per heavy atom. The third-order valence-electron chi connectivity index (χ3n) is 15.6. The van der Waals surface area contributed by atoms with Crippen LogP contribution in [0.4, 0.5) is 0 Å². The van der Waals surface area contributed by atoms with E-state index in [9.17, 15) is 19.2 Å². The van der Waals surface area contributed by atoms with Crippen LogP contribution in [0.15, 0.2) is 92.0 Å². The van der Waals surface area contributed by atoms with Crippen molar-refractivity contribution >= 4 is 65.9 Å². The van der Waals surface area contributed by atoms with Gasteiger partial charge in [-0.15, -0.1) is 22.1 Å². The molecular weight excluding hydrogens is 934 g/mol. The smallest absolute Gasteiger partial charge is 0.657 e. The van der Waals surface area contributed by atoms with Gasteiger partial charge < -0.3 is 9.97 Å². The molecule has 0 unspecified atom stereocenters. The number of aromatic nitrogens is 6. The predicted molar refractivity (Wildman–Crippen MR) is 285 cm³/mol. The summed E-state index contributed by atoms with van der Waals surface area (Å²) < 4.78 is 2.52. The molecule has 0 aliphatic carbocycles. The van der Waals surface area contributed by atoms with Crippen LogP contribution in [0.3, 0.4) is 0 Å². The van der Waals surface area contributed by atoms with Gasteiger partial charge in [-0.25, -0.2) is 9.97 Å². The zero-order chi connectivity index (χ0) is 48.9. The molecule has 0 radical (unpaired) electrons. The molecule has 6 aliphatic heterocycles. The van der Waals surface area contributed by atoms with Crippen molar-refractivity contribution in [3.63, 3.8) is 0 Å².